The molecule has 7 heteroatoms. The van der Waals surface area contributed by atoms with Gasteiger partial charge in [0.1, 0.15) is 16.4 Å². The zero-order valence-corrected chi connectivity index (χ0v) is 12.9. The van der Waals surface area contributed by atoms with Gasteiger partial charge in [-0.1, -0.05) is 11.6 Å². The van der Waals surface area contributed by atoms with E-state index < -0.39 is 0 Å². The van der Waals surface area contributed by atoms with Gasteiger partial charge in [0.05, 0.1) is 24.4 Å². The molecule has 1 atom stereocenters. The first-order chi connectivity index (χ1) is 11.2. The quantitative estimate of drug-likeness (QED) is 0.676. The van der Waals surface area contributed by atoms with Crippen molar-refractivity contribution in [3.63, 3.8) is 0 Å². The highest BCUT2D eigenvalue weighted by atomic mass is 35.5. The SMILES string of the molecule is O=c1c2cc(Cl)nc(-c3cccnc3)c2ncn1[C@@H]1CCOC1. The molecule has 0 unspecified atom stereocenters. The fraction of sp³-hybridized carbons (Fsp3) is 0.250. The number of hydrogen-bond acceptors (Lipinski definition) is 5. The van der Waals surface area contributed by atoms with Crippen LogP contribution in [-0.2, 0) is 4.74 Å². The predicted octanol–water partition coefficient (Wildman–Crippen LogP) is 2.47. The number of ether oxygens (including phenoxy) is 1. The van der Waals surface area contributed by atoms with Crippen LogP contribution >= 0.6 is 11.6 Å². The second kappa shape index (κ2) is 5.72. The van der Waals surface area contributed by atoms with Gasteiger partial charge in [-0.05, 0) is 24.6 Å². The Balaban J connectivity index is 1.96. The summed E-state index contributed by atoms with van der Waals surface area (Å²) in [5.41, 5.74) is 1.74. The number of halogens is 1. The molecule has 1 saturated heterocycles. The number of pyridine rings is 2. The maximum atomic E-state index is 12.8. The fourth-order valence-electron chi connectivity index (χ4n) is 2.82. The molecule has 0 bridgehead atoms. The first-order valence-electron chi connectivity index (χ1n) is 7.29. The summed E-state index contributed by atoms with van der Waals surface area (Å²) in [5, 5.41) is 0.717. The fourth-order valence-corrected chi connectivity index (χ4v) is 3.01. The van der Waals surface area contributed by atoms with Crippen LogP contribution in [0, 0.1) is 0 Å². The molecule has 116 valence electrons. The standard InChI is InChI=1S/C16H13ClN4O2/c17-13-6-12-15(14(20-13)10-2-1-4-18-7-10)19-9-21(16(12)22)11-3-5-23-8-11/h1-2,4,6-7,9,11H,3,5,8H2/t11-/m1/s1. The van der Waals surface area contributed by atoms with Crippen molar-refractivity contribution >= 4 is 22.5 Å². The van der Waals surface area contributed by atoms with E-state index in [1.165, 1.54) is 0 Å². The average Bonchev–Trinajstić information content (AvgIpc) is 3.10. The molecule has 1 aliphatic rings. The maximum Gasteiger partial charge on any atom is 0.261 e. The number of aromatic nitrogens is 4. The highest BCUT2D eigenvalue weighted by Crippen LogP contribution is 2.26. The Morgan fingerprint density at radius 2 is 2.30 bits per heavy atom. The summed E-state index contributed by atoms with van der Waals surface area (Å²) >= 11 is 6.13. The first kappa shape index (κ1) is 14.3. The molecule has 4 heterocycles. The zero-order chi connectivity index (χ0) is 15.8. The van der Waals surface area contributed by atoms with Crippen LogP contribution in [0.15, 0.2) is 41.7 Å². The van der Waals surface area contributed by atoms with Crippen molar-refractivity contribution in [3.05, 3.63) is 52.4 Å². The summed E-state index contributed by atoms with van der Waals surface area (Å²) in [4.78, 5) is 25.7. The van der Waals surface area contributed by atoms with E-state index in [1.807, 2.05) is 6.07 Å². The van der Waals surface area contributed by atoms with Gasteiger partial charge in [-0.25, -0.2) is 9.97 Å². The monoisotopic (exact) mass is 328 g/mol. The molecule has 3 aromatic rings. The maximum absolute atomic E-state index is 12.8. The van der Waals surface area contributed by atoms with Crippen molar-refractivity contribution in [1.82, 2.24) is 19.5 Å². The summed E-state index contributed by atoms with van der Waals surface area (Å²) < 4.78 is 6.98. The van der Waals surface area contributed by atoms with E-state index in [0.717, 1.165) is 12.0 Å². The van der Waals surface area contributed by atoms with Crippen LogP contribution in [-0.4, -0.2) is 32.7 Å². The molecule has 0 radical (unpaired) electrons. The van der Waals surface area contributed by atoms with E-state index in [9.17, 15) is 4.79 Å². The smallest absolute Gasteiger partial charge is 0.261 e. The summed E-state index contributed by atoms with van der Waals surface area (Å²) in [6.45, 7) is 1.19. The number of hydrogen-bond donors (Lipinski definition) is 0. The third-order valence-corrected chi connectivity index (χ3v) is 4.17. The van der Waals surface area contributed by atoms with Gasteiger partial charge >= 0.3 is 0 Å². The molecular weight excluding hydrogens is 316 g/mol. The van der Waals surface area contributed by atoms with Gasteiger partial charge in [0.15, 0.2) is 0 Å². The van der Waals surface area contributed by atoms with Gasteiger partial charge in [-0.2, -0.15) is 0 Å². The average molecular weight is 329 g/mol. The molecular formula is C16H13ClN4O2. The Kier molecular flexibility index (Phi) is 3.55. The lowest BCUT2D eigenvalue weighted by Gasteiger charge is -2.13. The van der Waals surface area contributed by atoms with Crippen LogP contribution in [0.3, 0.4) is 0 Å². The lowest BCUT2D eigenvalue weighted by molar-refractivity contribution is 0.186. The van der Waals surface area contributed by atoms with E-state index in [2.05, 4.69) is 15.0 Å². The van der Waals surface area contributed by atoms with E-state index in [1.54, 1.807) is 35.4 Å². The van der Waals surface area contributed by atoms with Crippen LogP contribution in [0.25, 0.3) is 22.2 Å². The predicted molar refractivity (Wildman–Crippen MR) is 86.5 cm³/mol. The van der Waals surface area contributed by atoms with Crippen molar-refractivity contribution in [2.45, 2.75) is 12.5 Å². The molecule has 4 rings (SSSR count). The van der Waals surface area contributed by atoms with Gasteiger partial charge in [0.25, 0.3) is 5.56 Å². The molecule has 0 N–H and O–H groups in total. The molecule has 3 aromatic heterocycles. The van der Waals surface area contributed by atoms with Crippen LogP contribution in [0.2, 0.25) is 5.15 Å². The minimum absolute atomic E-state index is 0.0215. The van der Waals surface area contributed by atoms with Gasteiger partial charge in [-0.3, -0.25) is 14.3 Å². The summed E-state index contributed by atoms with van der Waals surface area (Å²) in [7, 11) is 0. The Hall–Kier alpha value is -2.31. The second-order valence-electron chi connectivity index (χ2n) is 5.41. The summed E-state index contributed by atoms with van der Waals surface area (Å²) in [6, 6.07) is 5.26. The first-order valence-corrected chi connectivity index (χ1v) is 7.67. The van der Waals surface area contributed by atoms with E-state index in [0.29, 0.717) is 29.8 Å². The van der Waals surface area contributed by atoms with Gasteiger partial charge in [0, 0.05) is 24.6 Å². The number of fused-ring (bicyclic) bond motifs is 1. The third-order valence-electron chi connectivity index (χ3n) is 3.97. The van der Waals surface area contributed by atoms with Gasteiger partial charge in [0.2, 0.25) is 0 Å². The van der Waals surface area contributed by atoms with Crippen LogP contribution in [0.5, 0.6) is 0 Å². The molecule has 0 saturated carbocycles. The lowest BCUT2D eigenvalue weighted by atomic mass is 10.1. The topological polar surface area (TPSA) is 69.9 Å². The lowest BCUT2D eigenvalue weighted by Crippen LogP contribution is -2.25. The molecule has 0 spiro atoms. The van der Waals surface area contributed by atoms with Crippen LogP contribution < -0.4 is 5.56 Å². The molecule has 0 aromatic carbocycles. The largest absolute Gasteiger partial charge is 0.379 e. The Morgan fingerprint density at radius 1 is 1.39 bits per heavy atom. The number of nitrogens with zero attached hydrogens (tertiary/aromatic N) is 4. The van der Waals surface area contributed by atoms with Crippen LogP contribution in [0.1, 0.15) is 12.5 Å². The van der Waals surface area contributed by atoms with Crippen molar-refractivity contribution < 1.29 is 4.74 Å². The molecule has 1 aliphatic heterocycles. The van der Waals surface area contributed by atoms with Crippen LogP contribution in [0.4, 0.5) is 0 Å². The Labute approximate surface area is 136 Å². The van der Waals surface area contributed by atoms with Crippen molar-refractivity contribution in [2.75, 3.05) is 13.2 Å². The minimum atomic E-state index is -0.125. The third kappa shape index (κ3) is 2.50. The minimum Gasteiger partial charge on any atom is -0.379 e. The Morgan fingerprint density at radius 3 is 3.04 bits per heavy atom. The highest BCUT2D eigenvalue weighted by Gasteiger charge is 2.21. The summed E-state index contributed by atoms with van der Waals surface area (Å²) in [6.07, 6.45) is 5.73. The zero-order valence-electron chi connectivity index (χ0n) is 12.1. The van der Waals surface area contributed by atoms with Gasteiger partial charge in [-0.15, -0.1) is 0 Å². The van der Waals surface area contributed by atoms with E-state index >= 15 is 0 Å². The molecule has 1 fully saturated rings. The van der Waals surface area contributed by atoms with Crippen molar-refractivity contribution in [3.8, 4) is 11.3 Å². The Bertz CT molecular complexity index is 921. The van der Waals surface area contributed by atoms with E-state index in [4.69, 9.17) is 16.3 Å². The van der Waals surface area contributed by atoms with E-state index in [-0.39, 0.29) is 16.8 Å². The normalized spacial score (nSPS) is 17.7. The second-order valence-corrected chi connectivity index (χ2v) is 5.79. The van der Waals surface area contributed by atoms with Crippen molar-refractivity contribution in [1.29, 1.82) is 0 Å². The number of rotatable bonds is 2. The molecule has 0 aliphatic carbocycles. The molecule has 23 heavy (non-hydrogen) atoms. The molecule has 0 amide bonds. The molecule has 6 nitrogen and oxygen atoms in total. The highest BCUT2D eigenvalue weighted by molar-refractivity contribution is 6.30. The summed E-state index contributed by atoms with van der Waals surface area (Å²) in [5.74, 6) is 0. The van der Waals surface area contributed by atoms with Crippen molar-refractivity contribution in [2.24, 2.45) is 0 Å². The van der Waals surface area contributed by atoms with Gasteiger partial charge < -0.3 is 4.74 Å².